The lowest BCUT2D eigenvalue weighted by Gasteiger charge is -2.09. The molecular weight excluding hydrogens is 451 g/mol. The Labute approximate surface area is 181 Å². The first kappa shape index (κ1) is 22.2. The number of carbonyl (C=O) groups is 1. The van der Waals surface area contributed by atoms with Crippen LogP contribution in [0.2, 0.25) is 5.02 Å². The van der Waals surface area contributed by atoms with Crippen molar-refractivity contribution in [2.45, 2.75) is 11.5 Å². The van der Waals surface area contributed by atoms with Crippen LogP contribution >= 0.6 is 11.6 Å². The van der Waals surface area contributed by atoms with Gasteiger partial charge in [0.25, 0.3) is 11.6 Å². The molecule has 0 aliphatic carbocycles. The van der Waals surface area contributed by atoms with Crippen LogP contribution in [0, 0.1) is 10.1 Å². The number of ether oxygens (including phenoxy) is 1. The molecule has 3 rings (SSSR count). The van der Waals surface area contributed by atoms with Crippen molar-refractivity contribution in [3.8, 4) is 5.75 Å². The van der Waals surface area contributed by atoms with Crippen LogP contribution in [0.25, 0.3) is 0 Å². The molecule has 0 heterocycles. The molecule has 8 nitrogen and oxygen atoms in total. The molecule has 0 saturated carbocycles. The quantitative estimate of drug-likeness (QED) is 0.307. The third-order valence-electron chi connectivity index (χ3n) is 4.11. The number of nitro groups is 1. The fourth-order valence-corrected chi connectivity index (χ4v) is 3.30. The lowest BCUT2D eigenvalue weighted by Crippen LogP contribution is -2.12. The molecule has 0 aliphatic rings. The van der Waals surface area contributed by atoms with E-state index in [9.17, 15) is 27.2 Å². The number of amides is 1. The number of carbonyl (C=O) groups excluding carboxylic acids is 1. The largest absolute Gasteiger partial charge is 0.487 e. The van der Waals surface area contributed by atoms with Gasteiger partial charge in [0.1, 0.15) is 17.3 Å². The van der Waals surface area contributed by atoms with Crippen molar-refractivity contribution in [2.75, 3.05) is 5.32 Å². The van der Waals surface area contributed by atoms with Crippen molar-refractivity contribution in [1.29, 1.82) is 0 Å². The van der Waals surface area contributed by atoms with E-state index in [0.29, 0.717) is 5.56 Å². The van der Waals surface area contributed by atoms with E-state index in [1.54, 1.807) is 12.1 Å². The molecule has 160 valence electrons. The predicted molar refractivity (Wildman–Crippen MR) is 112 cm³/mol. The van der Waals surface area contributed by atoms with Crippen LogP contribution in [0.3, 0.4) is 0 Å². The van der Waals surface area contributed by atoms with Crippen LogP contribution in [0.15, 0.2) is 71.6 Å². The number of halogens is 2. The summed E-state index contributed by atoms with van der Waals surface area (Å²) >= 11 is 5.98. The second-order valence-electron chi connectivity index (χ2n) is 6.28. The molecule has 0 aromatic heterocycles. The van der Waals surface area contributed by atoms with Crippen LogP contribution in [-0.2, 0) is 16.8 Å². The Bertz CT molecular complexity index is 1250. The number of benzene rings is 3. The molecule has 0 atom stereocenters. The number of nitrogens with zero attached hydrogens (tertiary/aromatic N) is 1. The van der Waals surface area contributed by atoms with Crippen molar-refractivity contribution in [2.24, 2.45) is 0 Å². The Morgan fingerprint density at radius 3 is 2.42 bits per heavy atom. The Balaban J connectivity index is 1.64. The van der Waals surface area contributed by atoms with E-state index in [2.05, 4.69) is 5.32 Å². The number of hydrogen-bond acceptors (Lipinski definition) is 6. The zero-order chi connectivity index (χ0) is 22.6. The first-order valence-corrected chi connectivity index (χ1v) is 10.4. The summed E-state index contributed by atoms with van der Waals surface area (Å²) in [5.74, 6) is -0.240. The monoisotopic (exact) mass is 464 g/mol. The van der Waals surface area contributed by atoms with Crippen LogP contribution in [0.5, 0.6) is 5.75 Å². The van der Waals surface area contributed by atoms with E-state index in [-0.39, 0.29) is 34.3 Å². The minimum Gasteiger partial charge on any atom is -0.487 e. The summed E-state index contributed by atoms with van der Waals surface area (Å²) in [4.78, 5) is 22.0. The van der Waals surface area contributed by atoms with Gasteiger partial charge < -0.3 is 10.1 Å². The van der Waals surface area contributed by atoms with E-state index in [1.807, 2.05) is 0 Å². The highest BCUT2D eigenvalue weighted by molar-refractivity contribution is 7.86. The molecule has 0 unspecified atom stereocenters. The summed E-state index contributed by atoms with van der Waals surface area (Å²) in [7, 11) is -4.88. The Morgan fingerprint density at radius 2 is 1.81 bits per heavy atom. The lowest BCUT2D eigenvalue weighted by atomic mass is 10.1. The van der Waals surface area contributed by atoms with Crippen LogP contribution in [0.1, 0.15) is 15.9 Å². The van der Waals surface area contributed by atoms with Gasteiger partial charge >= 0.3 is 10.2 Å². The van der Waals surface area contributed by atoms with Gasteiger partial charge in [0, 0.05) is 23.4 Å². The maximum Gasteiger partial charge on any atom is 0.332 e. The Kier molecular flexibility index (Phi) is 6.52. The van der Waals surface area contributed by atoms with E-state index in [4.69, 9.17) is 16.3 Å². The highest BCUT2D eigenvalue weighted by Gasteiger charge is 2.14. The second-order valence-corrected chi connectivity index (χ2v) is 8.03. The first-order valence-electron chi connectivity index (χ1n) is 8.65. The van der Waals surface area contributed by atoms with Crippen molar-refractivity contribution < 1.29 is 26.8 Å². The van der Waals surface area contributed by atoms with Gasteiger partial charge in [-0.05, 0) is 42.0 Å². The number of hydrogen-bond donors (Lipinski definition) is 1. The average molecular weight is 465 g/mol. The van der Waals surface area contributed by atoms with Crippen LogP contribution < -0.4 is 10.1 Å². The third-order valence-corrected chi connectivity index (χ3v) is 5.22. The number of anilines is 1. The standard InChI is InChI=1S/C20H14ClFN2O6S/c21-18-11-16(24(26)27)8-9-19(18)30-12-13-4-6-14(7-5-13)20(25)23-15-2-1-3-17(10-15)31(22,28)29/h1-11H,12H2,(H,23,25). The molecule has 11 heteroatoms. The van der Waals surface area contributed by atoms with Gasteiger partial charge in [-0.2, -0.15) is 8.42 Å². The fourth-order valence-electron chi connectivity index (χ4n) is 2.56. The summed E-state index contributed by atoms with van der Waals surface area (Å²) in [6.45, 7) is 0.107. The molecule has 3 aromatic rings. The number of rotatable bonds is 7. The second kappa shape index (κ2) is 9.11. The maximum atomic E-state index is 13.1. The summed E-state index contributed by atoms with van der Waals surface area (Å²) in [5.41, 5.74) is 0.966. The molecular formula is C20H14ClFN2O6S. The topological polar surface area (TPSA) is 116 Å². The smallest absolute Gasteiger partial charge is 0.332 e. The van der Waals surface area contributed by atoms with Gasteiger partial charge in [-0.1, -0.05) is 29.8 Å². The molecule has 3 aromatic carbocycles. The summed E-state index contributed by atoms with van der Waals surface area (Å²) in [6.07, 6.45) is 0. The SMILES string of the molecule is O=C(Nc1cccc(S(=O)(=O)F)c1)c1ccc(COc2ccc([N+](=O)[O-])cc2Cl)cc1. The van der Waals surface area contributed by atoms with Crippen LogP contribution in [0.4, 0.5) is 15.3 Å². The predicted octanol–water partition coefficient (Wildman–Crippen LogP) is 4.74. The van der Waals surface area contributed by atoms with E-state index >= 15 is 0 Å². The van der Waals surface area contributed by atoms with Gasteiger partial charge in [0.2, 0.25) is 0 Å². The zero-order valence-corrected chi connectivity index (χ0v) is 17.2. The van der Waals surface area contributed by atoms with E-state index in [1.165, 1.54) is 42.5 Å². The average Bonchev–Trinajstić information content (AvgIpc) is 2.72. The van der Waals surface area contributed by atoms with Crippen molar-refractivity contribution in [3.05, 3.63) is 93.0 Å². The molecule has 0 bridgehead atoms. The van der Waals surface area contributed by atoms with Gasteiger partial charge in [-0.3, -0.25) is 14.9 Å². The maximum absolute atomic E-state index is 13.1. The van der Waals surface area contributed by atoms with E-state index in [0.717, 1.165) is 12.1 Å². The highest BCUT2D eigenvalue weighted by atomic mass is 35.5. The lowest BCUT2D eigenvalue weighted by molar-refractivity contribution is -0.384. The molecule has 0 radical (unpaired) electrons. The molecule has 0 aliphatic heterocycles. The van der Waals surface area contributed by atoms with Gasteiger partial charge in [-0.15, -0.1) is 3.89 Å². The minimum atomic E-state index is -4.88. The normalized spacial score (nSPS) is 11.0. The highest BCUT2D eigenvalue weighted by Crippen LogP contribution is 2.29. The first-order chi connectivity index (χ1) is 14.6. The number of nitrogens with one attached hydrogen (secondary N) is 1. The van der Waals surface area contributed by atoms with Crippen molar-refractivity contribution in [1.82, 2.24) is 0 Å². The fraction of sp³-hybridized carbons (Fsp3) is 0.0500. The van der Waals surface area contributed by atoms with Crippen molar-refractivity contribution >= 4 is 39.1 Å². The minimum absolute atomic E-state index is 0.0997. The molecule has 31 heavy (non-hydrogen) atoms. The molecule has 0 saturated heterocycles. The molecule has 0 fully saturated rings. The third kappa shape index (κ3) is 5.77. The molecule has 1 N–H and O–H groups in total. The molecule has 1 amide bonds. The Morgan fingerprint density at radius 1 is 1.10 bits per heavy atom. The van der Waals surface area contributed by atoms with Gasteiger partial charge in [0.15, 0.2) is 0 Å². The Hall–Kier alpha value is -3.50. The van der Waals surface area contributed by atoms with Crippen LogP contribution in [-0.4, -0.2) is 19.2 Å². The number of nitro benzene ring substituents is 1. The molecule has 0 spiro atoms. The summed E-state index contributed by atoms with van der Waals surface area (Å²) < 4.78 is 40.6. The van der Waals surface area contributed by atoms with E-state index < -0.39 is 25.9 Å². The number of non-ortho nitro benzene ring substituents is 1. The van der Waals surface area contributed by atoms with Gasteiger partial charge in [0.05, 0.1) is 9.95 Å². The summed E-state index contributed by atoms with van der Waals surface area (Å²) in [5, 5.41) is 13.3. The summed E-state index contributed by atoms with van der Waals surface area (Å²) in [6, 6.07) is 15.0. The van der Waals surface area contributed by atoms with Crippen molar-refractivity contribution in [3.63, 3.8) is 0 Å². The van der Waals surface area contributed by atoms with Gasteiger partial charge in [-0.25, -0.2) is 0 Å². The zero-order valence-electron chi connectivity index (χ0n) is 15.6.